The normalized spacial score (nSPS) is 22.3. The number of halogens is 1. The lowest BCUT2D eigenvalue weighted by Gasteiger charge is -2.28. The molecule has 1 N–H and O–H groups in total. The fraction of sp³-hybridized carbons (Fsp3) is 0.188. The Morgan fingerprint density at radius 3 is 2.16 bits per heavy atom. The number of carbonyl (C=O) groups excluding carboxylic acids is 1. The Hall–Kier alpha value is -1.80. The molecule has 1 amide bonds. The Morgan fingerprint density at radius 1 is 0.947 bits per heavy atom. The first-order valence-electron chi connectivity index (χ1n) is 6.29. The number of hydrogen-bond donors (Lipinski definition) is 1. The van der Waals surface area contributed by atoms with Gasteiger partial charge in [0.1, 0.15) is 0 Å². The van der Waals surface area contributed by atoms with E-state index >= 15 is 0 Å². The maximum atomic E-state index is 11.7. The number of rotatable bonds is 2. The highest BCUT2D eigenvalue weighted by molar-refractivity contribution is 6.30. The van der Waals surface area contributed by atoms with Crippen LogP contribution in [0.3, 0.4) is 0 Å². The Kier molecular flexibility index (Phi) is 3.03. The maximum Gasteiger partial charge on any atom is 0.221 e. The van der Waals surface area contributed by atoms with E-state index in [9.17, 15) is 4.79 Å². The molecule has 3 rings (SSSR count). The molecule has 0 radical (unpaired) electrons. The average Bonchev–Trinajstić information content (AvgIpc) is 2.84. The summed E-state index contributed by atoms with van der Waals surface area (Å²) in [5.74, 6) is 0.0961. The van der Waals surface area contributed by atoms with Crippen molar-refractivity contribution in [1.82, 2.24) is 5.32 Å². The molecule has 0 bridgehead atoms. The van der Waals surface area contributed by atoms with Crippen LogP contribution in [0.1, 0.15) is 17.5 Å². The Balaban J connectivity index is 2.13. The SMILES string of the molecule is O=C1CC(c2ccccc2)(c2ccc(Cl)cc2)CN1. The molecule has 1 aliphatic rings. The molecule has 0 aromatic heterocycles. The van der Waals surface area contributed by atoms with Crippen LogP contribution in [0.15, 0.2) is 54.6 Å². The number of benzene rings is 2. The summed E-state index contributed by atoms with van der Waals surface area (Å²) < 4.78 is 0. The number of nitrogens with one attached hydrogen (secondary N) is 1. The fourth-order valence-electron chi connectivity index (χ4n) is 2.75. The monoisotopic (exact) mass is 271 g/mol. The van der Waals surface area contributed by atoms with Gasteiger partial charge >= 0.3 is 0 Å². The summed E-state index contributed by atoms with van der Waals surface area (Å²) in [5, 5.41) is 3.66. The summed E-state index contributed by atoms with van der Waals surface area (Å²) >= 11 is 5.96. The third-order valence-electron chi connectivity index (χ3n) is 3.77. The van der Waals surface area contributed by atoms with Crippen LogP contribution in [0, 0.1) is 0 Å². The highest BCUT2D eigenvalue weighted by Gasteiger charge is 2.41. The van der Waals surface area contributed by atoms with Crippen LogP contribution in [-0.2, 0) is 10.2 Å². The molecule has 0 aliphatic carbocycles. The second-order valence-corrected chi connectivity index (χ2v) is 5.34. The number of carbonyl (C=O) groups is 1. The standard InChI is InChI=1S/C16H14ClNO/c17-14-8-6-13(7-9-14)16(10-15(19)18-11-16)12-4-2-1-3-5-12/h1-9H,10-11H2,(H,18,19). The second-order valence-electron chi connectivity index (χ2n) is 4.91. The van der Waals surface area contributed by atoms with Crippen LogP contribution in [0.25, 0.3) is 0 Å². The third-order valence-corrected chi connectivity index (χ3v) is 4.02. The lowest BCUT2D eigenvalue weighted by molar-refractivity contribution is -0.119. The van der Waals surface area contributed by atoms with Gasteiger partial charge in [-0.15, -0.1) is 0 Å². The van der Waals surface area contributed by atoms with Gasteiger partial charge in [-0.05, 0) is 23.3 Å². The van der Waals surface area contributed by atoms with E-state index in [4.69, 9.17) is 11.6 Å². The van der Waals surface area contributed by atoms with Crippen LogP contribution in [0.2, 0.25) is 5.02 Å². The van der Waals surface area contributed by atoms with Gasteiger partial charge in [-0.25, -0.2) is 0 Å². The molecule has 1 aliphatic heterocycles. The highest BCUT2D eigenvalue weighted by atomic mass is 35.5. The van der Waals surface area contributed by atoms with E-state index in [1.807, 2.05) is 42.5 Å². The summed E-state index contributed by atoms with van der Waals surface area (Å²) in [7, 11) is 0. The van der Waals surface area contributed by atoms with E-state index < -0.39 is 0 Å². The zero-order valence-corrected chi connectivity index (χ0v) is 11.2. The molecular weight excluding hydrogens is 258 g/mol. The van der Waals surface area contributed by atoms with Crippen LogP contribution in [-0.4, -0.2) is 12.5 Å². The van der Waals surface area contributed by atoms with Gasteiger partial charge in [-0.2, -0.15) is 0 Å². The second kappa shape index (κ2) is 4.71. The van der Waals surface area contributed by atoms with Crippen molar-refractivity contribution in [3.8, 4) is 0 Å². The van der Waals surface area contributed by atoms with Crippen LogP contribution < -0.4 is 5.32 Å². The van der Waals surface area contributed by atoms with Crippen LogP contribution in [0.4, 0.5) is 0 Å². The fourth-order valence-corrected chi connectivity index (χ4v) is 2.88. The minimum absolute atomic E-state index is 0.0961. The molecule has 2 aromatic rings. The van der Waals surface area contributed by atoms with Gasteiger partial charge in [0, 0.05) is 23.4 Å². The van der Waals surface area contributed by atoms with Crippen molar-refractivity contribution in [2.45, 2.75) is 11.8 Å². The minimum Gasteiger partial charge on any atom is -0.355 e. The van der Waals surface area contributed by atoms with Crippen molar-refractivity contribution >= 4 is 17.5 Å². The van der Waals surface area contributed by atoms with Gasteiger partial charge in [0.05, 0.1) is 0 Å². The number of hydrogen-bond acceptors (Lipinski definition) is 1. The maximum absolute atomic E-state index is 11.7. The van der Waals surface area contributed by atoms with Gasteiger partial charge in [-0.3, -0.25) is 4.79 Å². The topological polar surface area (TPSA) is 29.1 Å². The van der Waals surface area contributed by atoms with E-state index in [0.717, 1.165) is 11.1 Å². The smallest absolute Gasteiger partial charge is 0.221 e. The molecule has 1 saturated heterocycles. The van der Waals surface area contributed by atoms with Crippen molar-refractivity contribution in [2.24, 2.45) is 0 Å². The lowest BCUT2D eigenvalue weighted by atomic mass is 9.74. The van der Waals surface area contributed by atoms with Gasteiger partial charge in [0.15, 0.2) is 0 Å². The predicted molar refractivity (Wildman–Crippen MR) is 76.3 cm³/mol. The average molecular weight is 272 g/mol. The highest BCUT2D eigenvalue weighted by Crippen LogP contribution is 2.38. The molecule has 0 saturated carbocycles. The summed E-state index contributed by atoms with van der Waals surface area (Å²) in [6.07, 6.45) is 0.485. The molecule has 0 spiro atoms. The van der Waals surface area contributed by atoms with Gasteiger partial charge in [0.25, 0.3) is 0 Å². The van der Waals surface area contributed by atoms with Crippen LogP contribution in [0.5, 0.6) is 0 Å². The zero-order valence-electron chi connectivity index (χ0n) is 10.4. The molecule has 1 atom stereocenters. The van der Waals surface area contributed by atoms with Crippen LogP contribution >= 0.6 is 11.6 Å². The quantitative estimate of drug-likeness (QED) is 0.893. The van der Waals surface area contributed by atoms with E-state index in [0.29, 0.717) is 18.0 Å². The van der Waals surface area contributed by atoms with Gasteiger partial charge in [0.2, 0.25) is 5.91 Å². The first kappa shape index (κ1) is 12.2. The van der Waals surface area contributed by atoms with Crippen molar-refractivity contribution in [1.29, 1.82) is 0 Å². The summed E-state index contributed by atoms with van der Waals surface area (Å²) in [6.45, 7) is 0.636. The Bertz CT molecular complexity index is 594. The first-order chi connectivity index (χ1) is 9.21. The Morgan fingerprint density at radius 2 is 1.58 bits per heavy atom. The zero-order chi connectivity index (χ0) is 13.3. The van der Waals surface area contributed by atoms with Crippen molar-refractivity contribution in [2.75, 3.05) is 6.54 Å². The third kappa shape index (κ3) is 2.13. The van der Waals surface area contributed by atoms with Crippen molar-refractivity contribution in [3.05, 3.63) is 70.7 Å². The lowest BCUT2D eigenvalue weighted by Crippen LogP contribution is -2.30. The molecule has 2 nitrogen and oxygen atoms in total. The first-order valence-corrected chi connectivity index (χ1v) is 6.67. The molecule has 1 unspecified atom stereocenters. The van der Waals surface area contributed by atoms with E-state index in [1.54, 1.807) is 0 Å². The largest absolute Gasteiger partial charge is 0.355 e. The van der Waals surface area contributed by atoms with E-state index in [2.05, 4.69) is 17.4 Å². The van der Waals surface area contributed by atoms with Crippen molar-refractivity contribution < 1.29 is 4.79 Å². The van der Waals surface area contributed by atoms with E-state index in [-0.39, 0.29) is 11.3 Å². The molecule has 1 fully saturated rings. The molecule has 19 heavy (non-hydrogen) atoms. The number of amides is 1. The summed E-state index contributed by atoms with van der Waals surface area (Å²) in [5.41, 5.74) is 2.01. The predicted octanol–water partition coefficient (Wildman–Crippen LogP) is 3.15. The summed E-state index contributed by atoms with van der Waals surface area (Å²) in [6, 6.07) is 17.9. The van der Waals surface area contributed by atoms with E-state index in [1.165, 1.54) is 0 Å². The van der Waals surface area contributed by atoms with Crippen molar-refractivity contribution in [3.63, 3.8) is 0 Å². The molecule has 2 aromatic carbocycles. The molecule has 1 heterocycles. The molecule has 96 valence electrons. The minimum atomic E-state index is -0.275. The Labute approximate surface area is 117 Å². The molecular formula is C16H14ClNO. The summed E-state index contributed by atoms with van der Waals surface area (Å²) in [4.78, 5) is 11.7. The van der Waals surface area contributed by atoms with Gasteiger partial charge < -0.3 is 5.32 Å². The molecule has 3 heteroatoms. The van der Waals surface area contributed by atoms with Gasteiger partial charge in [-0.1, -0.05) is 54.1 Å².